The maximum atomic E-state index is 12.5. The highest BCUT2D eigenvalue weighted by Crippen LogP contribution is 2.36. The van der Waals surface area contributed by atoms with Crippen molar-refractivity contribution < 1.29 is 19.1 Å². The Balaban J connectivity index is 1.79. The first kappa shape index (κ1) is 20.7. The van der Waals surface area contributed by atoms with Crippen LogP contribution in [0.3, 0.4) is 0 Å². The number of ether oxygens (including phenoxy) is 2. The zero-order valence-corrected chi connectivity index (χ0v) is 16.7. The minimum absolute atomic E-state index is 0.279. The zero-order valence-electron chi connectivity index (χ0n) is 16.7. The quantitative estimate of drug-likeness (QED) is 0.566. The maximum Gasteiger partial charge on any atom is 0.255 e. The lowest BCUT2D eigenvalue weighted by atomic mass is 10.2. The van der Waals surface area contributed by atoms with Crippen LogP contribution in [-0.4, -0.2) is 26.0 Å². The summed E-state index contributed by atoms with van der Waals surface area (Å²) in [7, 11) is 2.97. The van der Waals surface area contributed by atoms with Crippen molar-refractivity contribution in [3.8, 4) is 11.5 Å². The number of rotatable bonds is 7. The Morgan fingerprint density at radius 3 is 1.87 bits per heavy atom. The summed E-state index contributed by atoms with van der Waals surface area (Å²) < 4.78 is 10.8. The van der Waals surface area contributed by atoms with Gasteiger partial charge in [-0.15, -0.1) is 0 Å². The summed E-state index contributed by atoms with van der Waals surface area (Å²) in [5.74, 6) is 0.182. The van der Waals surface area contributed by atoms with E-state index in [1.807, 2.05) is 36.4 Å². The molecule has 0 bridgehead atoms. The number of amides is 2. The Morgan fingerprint density at radius 2 is 1.30 bits per heavy atom. The molecule has 2 amide bonds. The third-order valence-electron chi connectivity index (χ3n) is 4.29. The molecule has 0 saturated heterocycles. The number of benzene rings is 3. The van der Waals surface area contributed by atoms with E-state index in [4.69, 9.17) is 9.47 Å². The van der Waals surface area contributed by atoms with Crippen LogP contribution in [0.2, 0.25) is 0 Å². The first-order valence-electron chi connectivity index (χ1n) is 9.27. The third-order valence-corrected chi connectivity index (χ3v) is 4.29. The molecule has 0 aliphatic rings. The molecule has 0 saturated carbocycles. The Labute approximate surface area is 175 Å². The smallest absolute Gasteiger partial charge is 0.255 e. The van der Waals surface area contributed by atoms with Crippen molar-refractivity contribution in [3.05, 3.63) is 90.0 Å². The predicted molar refractivity (Wildman–Crippen MR) is 118 cm³/mol. The molecule has 3 aromatic carbocycles. The van der Waals surface area contributed by atoms with E-state index in [-0.39, 0.29) is 11.8 Å². The van der Waals surface area contributed by atoms with Gasteiger partial charge >= 0.3 is 0 Å². The maximum absolute atomic E-state index is 12.5. The molecule has 0 radical (unpaired) electrons. The molecule has 3 rings (SSSR count). The molecule has 0 atom stereocenters. The van der Waals surface area contributed by atoms with Crippen molar-refractivity contribution in [2.75, 3.05) is 24.9 Å². The molecule has 3 aromatic rings. The van der Waals surface area contributed by atoms with E-state index in [0.717, 1.165) is 5.56 Å². The summed E-state index contributed by atoms with van der Waals surface area (Å²) in [6, 6.07) is 21.6. The van der Waals surface area contributed by atoms with Crippen molar-refractivity contribution in [2.45, 2.75) is 0 Å². The van der Waals surface area contributed by atoms with Gasteiger partial charge in [-0.1, -0.05) is 48.5 Å². The van der Waals surface area contributed by atoms with Gasteiger partial charge in [-0.2, -0.15) is 0 Å². The fraction of sp³-hybridized carbons (Fsp3) is 0.0833. The largest absolute Gasteiger partial charge is 0.494 e. The summed E-state index contributed by atoms with van der Waals surface area (Å²) in [5.41, 5.74) is 2.29. The van der Waals surface area contributed by atoms with Gasteiger partial charge < -0.3 is 20.1 Å². The first-order chi connectivity index (χ1) is 14.6. The average Bonchev–Trinajstić information content (AvgIpc) is 2.79. The number of nitrogens with one attached hydrogen (secondary N) is 2. The van der Waals surface area contributed by atoms with E-state index < -0.39 is 0 Å². The van der Waals surface area contributed by atoms with Crippen LogP contribution in [0.15, 0.2) is 78.9 Å². The third kappa shape index (κ3) is 5.26. The van der Waals surface area contributed by atoms with Gasteiger partial charge in [0.1, 0.15) is 11.5 Å². The van der Waals surface area contributed by atoms with E-state index in [0.29, 0.717) is 28.4 Å². The lowest BCUT2D eigenvalue weighted by Crippen LogP contribution is -2.14. The minimum atomic E-state index is -0.319. The molecule has 0 aliphatic carbocycles. The topological polar surface area (TPSA) is 76.7 Å². The molecule has 152 valence electrons. The lowest BCUT2D eigenvalue weighted by Gasteiger charge is -2.16. The van der Waals surface area contributed by atoms with Crippen molar-refractivity contribution in [1.29, 1.82) is 0 Å². The fourth-order valence-corrected chi connectivity index (χ4v) is 2.79. The van der Waals surface area contributed by atoms with E-state index in [2.05, 4.69) is 10.6 Å². The molecule has 0 heterocycles. The van der Waals surface area contributed by atoms with Gasteiger partial charge in [-0.25, -0.2) is 0 Å². The van der Waals surface area contributed by atoms with Crippen LogP contribution >= 0.6 is 0 Å². The summed E-state index contributed by atoms with van der Waals surface area (Å²) in [6.45, 7) is 0. The normalized spacial score (nSPS) is 10.5. The Kier molecular flexibility index (Phi) is 6.84. The van der Waals surface area contributed by atoms with Crippen molar-refractivity contribution in [2.24, 2.45) is 0 Å². The molecule has 30 heavy (non-hydrogen) atoms. The molecular formula is C24H22N2O4. The lowest BCUT2D eigenvalue weighted by molar-refractivity contribution is -0.111. The standard InChI is InChI=1S/C24H22N2O4/c1-29-21-16-20(26-24(28)18-11-7-4-8-12-18)22(30-2)15-19(21)25-23(27)14-13-17-9-5-3-6-10-17/h3-16H,1-2H3,(H,25,27)(H,26,28)/b14-13+. The predicted octanol–water partition coefficient (Wildman–Crippen LogP) is 4.61. The van der Waals surface area contributed by atoms with Crippen LogP contribution in [0.25, 0.3) is 6.08 Å². The number of anilines is 2. The van der Waals surface area contributed by atoms with Gasteiger partial charge in [0.25, 0.3) is 5.91 Å². The molecular weight excluding hydrogens is 380 g/mol. The molecule has 0 unspecified atom stereocenters. The highest BCUT2D eigenvalue weighted by atomic mass is 16.5. The van der Waals surface area contributed by atoms with Crippen LogP contribution in [0.5, 0.6) is 11.5 Å². The molecule has 0 fully saturated rings. The van der Waals surface area contributed by atoms with Crippen molar-refractivity contribution >= 4 is 29.3 Å². The van der Waals surface area contributed by atoms with E-state index in [1.165, 1.54) is 20.3 Å². The van der Waals surface area contributed by atoms with Crippen LogP contribution in [0.1, 0.15) is 15.9 Å². The second kappa shape index (κ2) is 9.93. The van der Waals surface area contributed by atoms with E-state index >= 15 is 0 Å². The van der Waals surface area contributed by atoms with Gasteiger partial charge in [0.2, 0.25) is 5.91 Å². The zero-order chi connectivity index (χ0) is 21.3. The second-order valence-corrected chi connectivity index (χ2v) is 6.31. The van der Waals surface area contributed by atoms with Gasteiger partial charge in [0, 0.05) is 23.8 Å². The van der Waals surface area contributed by atoms with Crippen molar-refractivity contribution in [3.63, 3.8) is 0 Å². The Bertz CT molecular complexity index is 1050. The summed E-state index contributed by atoms with van der Waals surface area (Å²) in [5, 5.41) is 5.58. The highest BCUT2D eigenvalue weighted by Gasteiger charge is 2.15. The molecule has 2 N–H and O–H groups in total. The van der Waals surface area contributed by atoms with Crippen LogP contribution in [-0.2, 0) is 4.79 Å². The first-order valence-corrected chi connectivity index (χ1v) is 9.27. The second-order valence-electron chi connectivity index (χ2n) is 6.31. The van der Waals surface area contributed by atoms with Gasteiger partial charge in [0.05, 0.1) is 25.6 Å². The Hall–Kier alpha value is -4.06. The highest BCUT2D eigenvalue weighted by molar-refractivity contribution is 6.06. The van der Waals surface area contributed by atoms with Crippen molar-refractivity contribution in [1.82, 2.24) is 0 Å². The number of hydrogen-bond acceptors (Lipinski definition) is 4. The van der Waals surface area contributed by atoms with E-state index in [1.54, 1.807) is 42.5 Å². The summed E-state index contributed by atoms with van der Waals surface area (Å²) in [6.07, 6.45) is 3.15. The van der Waals surface area contributed by atoms with Crippen LogP contribution < -0.4 is 20.1 Å². The summed E-state index contributed by atoms with van der Waals surface area (Å²) >= 11 is 0. The summed E-state index contributed by atoms with van der Waals surface area (Å²) in [4.78, 5) is 24.8. The Morgan fingerprint density at radius 1 is 0.767 bits per heavy atom. The monoisotopic (exact) mass is 402 g/mol. The number of carbonyl (C=O) groups is 2. The number of hydrogen-bond donors (Lipinski definition) is 2. The molecule has 0 aromatic heterocycles. The van der Waals surface area contributed by atoms with E-state index in [9.17, 15) is 9.59 Å². The number of carbonyl (C=O) groups excluding carboxylic acids is 2. The van der Waals surface area contributed by atoms with Crippen LogP contribution in [0.4, 0.5) is 11.4 Å². The molecule has 6 heteroatoms. The number of methoxy groups -OCH3 is 2. The molecule has 6 nitrogen and oxygen atoms in total. The minimum Gasteiger partial charge on any atom is -0.494 e. The van der Waals surface area contributed by atoms with Crippen LogP contribution in [0, 0.1) is 0 Å². The molecule has 0 spiro atoms. The molecule has 0 aliphatic heterocycles. The van der Waals surface area contributed by atoms with Gasteiger partial charge in [-0.05, 0) is 23.8 Å². The van der Waals surface area contributed by atoms with Gasteiger partial charge in [0.15, 0.2) is 0 Å². The fourth-order valence-electron chi connectivity index (χ4n) is 2.79. The van der Waals surface area contributed by atoms with Gasteiger partial charge in [-0.3, -0.25) is 9.59 Å². The average molecular weight is 402 g/mol. The SMILES string of the molecule is COc1cc(NC(=O)c2ccccc2)c(OC)cc1NC(=O)/C=C/c1ccccc1.